The van der Waals surface area contributed by atoms with Gasteiger partial charge in [-0.05, 0) is 23.8 Å². The third kappa shape index (κ3) is 5.41. The summed E-state index contributed by atoms with van der Waals surface area (Å²) in [5, 5.41) is 30.2. The van der Waals surface area contributed by atoms with E-state index in [-0.39, 0.29) is 18.7 Å². The SMILES string of the molecule is O=C(/C=C/c1ccc([N+](=O)[O-])cc1)N[C@@H](CCO)C(=O)O. The number of hydrogen-bond donors (Lipinski definition) is 3. The van der Waals surface area contributed by atoms with Crippen LogP contribution in [0.5, 0.6) is 0 Å². The molecule has 0 saturated heterocycles. The van der Waals surface area contributed by atoms with Crippen LogP contribution in [0.3, 0.4) is 0 Å². The van der Waals surface area contributed by atoms with E-state index in [1.807, 2.05) is 0 Å². The lowest BCUT2D eigenvalue weighted by Gasteiger charge is -2.11. The minimum atomic E-state index is -1.24. The maximum Gasteiger partial charge on any atom is 0.326 e. The summed E-state index contributed by atoms with van der Waals surface area (Å²) in [6.07, 6.45) is 2.43. The van der Waals surface area contributed by atoms with Crippen molar-refractivity contribution in [3.63, 3.8) is 0 Å². The fourth-order valence-electron chi connectivity index (χ4n) is 1.49. The van der Waals surface area contributed by atoms with E-state index in [2.05, 4.69) is 5.32 Å². The van der Waals surface area contributed by atoms with Crippen molar-refractivity contribution in [3.05, 3.63) is 46.0 Å². The molecular formula is C13H14N2O6. The van der Waals surface area contributed by atoms with Crippen LogP contribution in [-0.4, -0.2) is 39.7 Å². The number of nitrogens with zero attached hydrogens (tertiary/aromatic N) is 1. The van der Waals surface area contributed by atoms with Crippen LogP contribution in [0.1, 0.15) is 12.0 Å². The summed E-state index contributed by atoms with van der Waals surface area (Å²) in [6.45, 7) is -0.358. The summed E-state index contributed by atoms with van der Waals surface area (Å²) < 4.78 is 0. The van der Waals surface area contributed by atoms with Gasteiger partial charge in [0.2, 0.25) is 5.91 Å². The standard InChI is InChI=1S/C13H14N2O6/c16-8-7-11(13(18)19)14-12(17)6-3-9-1-4-10(5-2-9)15(20)21/h1-6,11,16H,7-8H2,(H,14,17)(H,18,19)/b6-3+/t11-/m0/s1. The normalized spacial score (nSPS) is 12.0. The van der Waals surface area contributed by atoms with Crippen LogP contribution in [0, 0.1) is 10.1 Å². The van der Waals surface area contributed by atoms with Crippen molar-refractivity contribution in [2.24, 2.45) is 0 Å². The summed E-state index contributed by atoms with van der Waals surface area (Å²) in [5.41, 5.74) is 0.496. The number of aliphatic carboxylic acids is 1. The van der Waals surface area contributed by atoms with Gasteiger partial charge in [0.05, 0.1) is 4.92 Å². The second kappa shape index (κ2) is 7.75. The Morgan fingerprint density at radius 1 is 1.33 bits per heavy atom. The van der Waals surface area contributed by atoms with E-state index >= 15 is 0 Å². The second-order valence-corrected chi connectivity index (χ2v) is 4.09. The van der Waals surface area contributed by atoms with E-state index in [9.17, 15) is 19.7 Å². The van der Waals surface area contributed by atoms with E-state index < -0.39 is 22.8 Å². The number of nitro groups is 1. The number of non-ortho nitro benzene ring substituents is 1. The average molecular weight is 294 g/mol. The van der Waals surface area contributed by atoms with Gasteiger partial charge in [0.1, 0.15) is 6.04 Å². The minimum absolute atomic E-state index is 0.0644. The number of rotatable bonds is 7. The lowest BCUT2D eigenvalue weighted by molar-refractivity contribution is -0.384. The third-order valence-corrected chi connectivity index (χ3v) is 2.56. The first-order chi connectivity index (χ1) is 9.93. The number of nitrogens with one attached hydrogen (secondary N) is 1. The monoisotopic (exact) mass is 294 g/mol. The predicted molar refractivity (Wildman–Crippen MR) is 73.4 cm³/mol. The van der Waals surface area contributed by atoms with Crippen molar-refractivity contribution in [3.8, 4) is 0 Å². The van der Waals surface area contributed by atoms with Crippen molar-refractivity contribution in [1.29, 1.82) is 0 Å². The first kappa shape index (κ1) is 16.3. The molecule has 1 aromatic rings. The average Bonchev–Trinajstić information content (AvgIpc) is 2.45. The van der Waals surface area contributed by atoms with Crippen molar-refractivity contribution in [2.45, 2.75) is 12.5 Å². The highest BCUT2D eigenvalue weighted by atomic mass is 16.6. The molecule has 3 N–H and O–H groups in total. The van der Waals surface area contributed by atoms with Crippen LogP contribution in [0.2, 0.25) is 0 Å². The molecule has 0 aliphatic carbocycles. The van der Waals surface area contributed by atoms with Gasteiger partial charge in [-0.1, -0.05) is 0 Å². The van der Waals surface area contributed by atoms with Gasteiger partial charge in [0.15, 0.2) is 0 Å². The highest BCUT2D eigenvalue weighted by Crippen LogP contribution is 2.12. The zero-order chi connectivity index (χ0) is 15.8. The van der Waals surface area contributed by atoms with Crippen molar-refractivity contribution < 1.29 is 24.7 Å². The lowest BCUT2D eigenvalue weighted by Crippen LogP contribution is -2.40. The first-order valence-corrected chi connectivity index (χ1v) is 6.00. The number of hydrogen-bond acceptors (Lipinski definition) is 5. The second-order valence-electron chi connectivity index (χ2n) is 4.09. The van der Waals surface area contributed by atoms with Crippen molar-refractivity contribution in [1.82, 2.24) is 5.32 Å². The fraction of sp³-hybridized carbons (Fsp3) is 0.231. The first-order valence-electron chi connectivity index (χ1n) is 6.00. The Bertz CT molecular complexity index is 552. The molecule has 8 heteroatoms. The van der Waals surface area contributed by atoms with Gasteiger partial charge in [0.25, 0.3) is 5.69 Å². The smallest absolute Gasteiger partial charge is 0.326 e. The molecule has 1 aromatic carbocycles. The van der Waals surface area contributed by atoms with Crippen LogP contribution >= 0.6 is 0 Å². The number of carbonyl (C=O) groups is 2. The number of carboxylic acid groups (broad SMARTS) is 1. The van der Waals surface area contributed by atoms with E-state index in [4.69, 9.17) is 10.2 Å². The quantitative estimate of drug-likeness (QED) is 0.382. The van der Waals surface area contributed by atoms with Crippen LogP contribution in [0.4, 0.5) is 5.69 Å². The Labute approximate surface area is 119 Å². The van der Waals surface area contributed by atoms with Gasteiger partial charge in [-0.25, -0.2) is 4.79 Å². The highest BCUT2D eigenvalue weighted by molar-refractivity contribution is 5.94. The Kier molecular flexibility index (Phi) is 6.02. The Morgan fingerprint density at radius 3 is 2.43 bits per heavy atom. The summed E-state index contributed by atoms with van der Waals surface area (Å²) in [5.74, 6) is -1.87. The van der Waals surface area contributed by atoms with Gasteiger partial charge in [-0.2, -0.15) is 0 Å². The van der Waals surface area contributed by atoms with Gasteiger partial charge in [0, 0.05) is 31.2 Å². The maximum absolute atomic E-state index is 11.5. The molecule has 0 radical (unpaired) electrons. The van der Waals surface area contributed by atoms with Gasteiger partial charge in [-0.15, -0.1) is 0 Å². The molecule has 112 valence electrons. The fourth-order valence-corrected chi connectivity index (χ4v) is 1.49. The molecule has 0 unspecified atom stereocenters. The molecule has 8 nitrogen and oxygen atoms in total. The molecular weight excluding hydrogens is 280 g/mol. The molecule has 0 bridgehead atoms. The zero-order valence-corrected chi connectivity index (χ0v) is 10.9. The number of benzene rings is 1. The van der Waals surface area contributed by atoms with Crippen molar-refractivity contribution >= 4 is 23.6 Å². The third-order valence-electron chi connectivity index (χ3n) is 2.56. The Morgan fingerprint density at radius 2 is 1.95 bits per heavy atom. The molecule has 0 spiro atoms. The molecule has 0 heterocycles. The van der Waals surface area contributed by atoms with Gasteiger partial charge < -0.3 is 15.5 Å². The van der Waals surface area contributed by atoms with E-state index in [0.29, 0.717) is 5.56 Å². The zero-order valence-electron chi connectivity index (χ0n) is 10.9. The van der Waals surface area contributed by atoms with E-state index in [0.717, 1.165) is 6.08 Å². The number of aliphatic hydroxyl groups is 1. The highest BCUT2D eigenvalue weighted by Gasteiger charge is 2.17. The van der Waals surface area contributed by atoms with E-state index in [1.54, 1.807) is 0 Å². The van der Waals surface area contributed by atoms with Crippen molar-refractivity contribution in [2.75, 3.05) is 6.61 Å². The lowest BCUT2D eigenvalue weighted by atomic mass is 10.2. The number of amides is 1. The number of nitro benzene ring substituents is 1. The van der Waals surface area contributed by atoms with Crippen LogP contribution < -0.4 is 5.32 Å². The number of carboxylic acids is 1. The molecule has 0 aliphatic heterocycles. The van der Waals surface area contributed by atoms with Crippen LogP contribution in [-0.2, 0) is 9.59 Å². The maximum atomic E-state index is 11.5. The summed E-state index contributed by atoms with van der Waals surface area (Å²) in [4.78, 5) is 32.3. The van der Waals surface area contributed by atoms with E-state index in [1.165, 1.54) is 30.3 Å². The molecule has 1 rings (SSSR count). The molecule has 1 atom stereocenters. The molecule has 0 fully saturated rings. The Balaban J connectivity index is 2.64. The molecule has 0 saturated carbocycles. The number of carbonyl (C=O) groups excluding carboxylic acids is 1. The van der Waals surface area contributed by atoms with Crippen LogP contribution in [0.15, 0.2) is 30.3 Å². The summed E-state index contributed by atoms with van der Waals surface area (Å²) >= 11 is 0. The minimum Gasteiger partial charge on any atom is -0.480 e. The molecule has 21 heavy (non-hydrogen) atoms. The molecule has 0 aromatic heterocycles. The molecule has 1 amide bonds. The Hall–Kier alpha value is -2.74. The summed E-state index contributed by atoms with van der Waals surface area (Å²) in [6, 6.07) is 4.35. The van der Waals surface area contributed by atoms with Gasteiger partial charge >= 0.3 is 5.97 Å². The largest absolute Gasteiger partial charge is 0.480 e. The predicted octanol–water partition coefficient (Wildman–Crippen LogP) is 0.560. The van der Waals surface area contributed by atoms with Gasteiger partial charge in [-0.3, -0.25) is 14.9 Å². The molecule has 0 aliphatic rings. The summed E-state index contributed by atoms with van der Waals surface area (Å²) in [7, 11) is 0. The number of aliphatic hydroxyl groups excluding tert-OH is 1. The topological polar surface area (TPSA) is 130 Å². The van der Waals surface area contributed by atoms with Crippen LogP contribution in [0.25, 0.3) is 6.08 Å².